The molecule has 1 amide bonds. The third kappa shape index (κ3) is 3.34. The largest absolute Gasteiger partial charge is 0.336 e. The van der Waals surface area contributed by atoms with Gasteiger partial charge in [0.25, 0.3) is 5.91 Å². The molecule has 5 rings (SSSR count). The Morgan fingerprint density at radius 1 is 1.00 bits per heavy atom. The van der Waals surface area contributed by atoms with Gasteiger partial charge in [-0.15, -0.1) is 11.3 Å². The minimum Gasteiger partial charge on any atom is -0.336 e. The minimum atomic E-state index is 0.184. The summed E-state index contributed by atoms with van der Waals surface area (Å²) in [4.78, 5) is 17.9. The van der Waals surface area contributed by atoms with Crippen LogP contribution in [-0.4, -0.2) is 47.9 Å². The molecule has 2 saturated heterocycles. The molecule has 0 spiro atoms. The van der Waals surface area contributed by atoms with Crippen LogP contribution in [0.15, 0.2) is 53.9 Å². The molecule has 0 radical (unpaired) electrons. The van der Waals surface area contributed by atoms with E-state index in [1.807, 2.05) is 24.3 Å². The number of carbonyl (C=O) groups is 1. The first-order valence-corrected chi connectivity index (χ1v) is 11.2. The van der Waals surface area contributed by atoms with Gasteiger partial charge in [-0.05, 0) is 60.0 Å². The summed E-state index contributed by atoms with van der Waals surface area (Å²) in [5.74, 6) is 0.749. The molecule has 0 saturated carbocycles. The van der Waals surface area contributed by atoms with E-state index < -0.39 is 0 Å². The summed E-state index contributed by atoms with van der Waals surface area (Å²) >= 11 is 7.73. The molecule has 2 fully saturated rings. The van der Waals surface area contributed by atoms with Crippen LogP contribution in [0.2, 0.25) is 5.02 Å². The molecule has 3 heterocycles. The van der Waals surface area contributed by atoms with Crippen molar-refractivity contribution in [3.63, 3.8) is 0 Å². The van der Waals surface area contributed by atoms with Crippen molar-refractivity contribution in [3.8, 4) is 0 Å². The van der Waals surface area contributed by atoms with E-state index in [0.717, 1.165) is 48.6 Å². The molecule has 5 heteroatoms. The summed E-state index contributed by atoms with van der Waals surface area (Å²) in [5.41, 5.74) is 2.23. The fourth-order valence-corrected chi connectivity index (χ4v) is 5.66. The maximum absolute atomic E-state index is 13.2. The quantitative estimate of drug-likeness (QED) is 0.575. The molecular weight excluding hydrogens is 388 g/mol. The highest BCUT2D eigenvalue weighted by Gasteiger charge is 2.35. The topological polar surface area (TPSA) is 23.6 Å². The predicted octanol–water partition coefficient (Wildman–Crippen LogP) is 5.26. The van der Waals surface area contributed by atoms with Crippen molar-refractivity contribution in [2.24, 2.45) is 0 Å². The van der Waals surface area contributed by atoms with E-state index in [0.29, 0.717) is 12.0 Å². The Hall–Kier alpha value is -1.88. The van der Waals surface area contributed by atoms with Crippen LogP contribution in [0.5, 0.6) is 0 Å². The van der Waals surface area contributed by atoms with Crippen molar-refractivity contribution in [1.29, 1.82) is 0 Å². The summed E-state index contributed by atoms with van der Waals surface area (Å²) < 4.78 is 1.19. The molecule has 0 unspecified atom stereocenters. The zero-order valence-electron chi connectivity index (χ0n) is 15.7. The number of benzene rings is 2. The Balaban J connectivity index is 1.28. The number of hydrogen-bond acceptors (Lipinski definition) is 3. The number of fused-ring (bicyclic) bond motifs is 2. The van der Waals surface area contributed by atoms with E-state index in [1.54, 1.807) is 11.3 Å². The lowest BCUT2D eigenvalue weighted by Crippen LogP contribution is -2.57. The van der Waals surface area contributed by atoms with Crippen molar-refractivity contribution in [1.82, 2.24) is 9.80 Å². The van der Waals surface area contributed by atoms with Crippen molar-refractivity contribution in [2.45, 2.75) is 24.8 Å². The van der Waals surface area contributed by atoms with Gasteiger partial charge in [0.1, 0.15) is 0 Å². The average molecular weight is 411 g/mol. The van der Waals surface area contributed by atoms with Crippen molar-refractivity contribution >= 4 is 38.9 Å². The Morgan fingerprint density at radius 2 is 1.86 bits per heavy atom. The van der Waals surface area contributed by atoms with Gasteiger partial charge >= 0.3 is 0 Å². The van der Waals surface area contributed by atoms with Gasteiger partial charge in [-0.3, -0.25) is 9.69 Å². The smallest absolute Gasteiger partial charge is 0.254 e. The van der Waals surface area contributed by atoms with Gasteiger partial charge in [0.2, 0.25) is 0 Å². The van der Waals surface area contributed by atoms with Crippen LogP contribution >= 0.6 is 22.9 Å². The number of carbonyl (C=O) groups excluding carboxylic acids is 1. The standard InChI is InChI=1S/C23H23ClN2OS/c24-18-7-4-16(5-8-18)17-6-9-19-15-26(12-11-25(19)14-17)23(27)21-2-1-3-22-20(21)10-13-28-22/h1-5,7-8,10,13,17,19H,6,9,11-12,14-15H2/t17-,19+/m0/s1. The number of halogens is 1. The first-order valence-electron chi connectivity index (χ1n) is 9.94. The molecule has 1 aromatic heterocycles. The number of hydrogen-bond donors (Lipinski definition) is 0. The fourth-order valence-electron chi connectivity index (χ4n) is 4.72. The molecule has 0 bridgehead atoms. The number of piperidine rings is 1. The molecule has 2 aromatic carbocycles. The summed E-state index contributed by atoms with van der Waals surface area (Å²) in [7, 11) is 0. The van der Waals surface area contributed by atoms with Crippen molar-refractivity contribution in [2.75, 3.05) is 26.2 Å². The second-order valence-electron chi connectivity index (χ2n) is 7.86. The molecule has 3 aromatic rings. The first-order chi connectivity index (χ1) is 13.7. The highest BCUT2D eigenvalue weighted by Crippen LogP contribution is 2.33. The Bertz CT molecular complexity index is 999. The maximum atomic E-state index is 13.2. The second kappa shape index (κ2) is 7.51. The lowest BCUT2D eigenvalue weighted by atomic mass is 9.86. The average Bonchev–Trinajstić information content (AvgIpc) is 3.22. The van der Waals surface area contributed by atoms with Crippen LogP contribution in [-0.2, 0) is 0 Å². The van der Waals surface area contributed by atoms with E-state index in [2.05, 4.69) is 39.4 Å². The van der Waals surface area contributed by atoms with E-state index in [1.165, 1.54) is 16.7 Å². The third-order valence-corrected chi connectivity index (χ3v) is 7.40. The number of piperazine rings is 1. The molecule has 0 N–H and O–H groups in total. The van der Waals surface area contributed by atoms with Crippen LogP contribution in [0.1, 0.15) is 34.7 Å². The van der Waals surface area contributed by atoms with Gasteiger partial charge in [0, 0.05) is 52.9 Å². The van der Waals surface area contributed by atoms with E-state index >= 15 is 0 Å². The molecule has 3 nitrogen and oxygen atoms in total. The summed E-state index contributed by atoms with van der Waals surface area (Å²) in [5, 5.41) is 3.95. The molecular formula is C23H23ClN2OS. The van der Waals surface area contributed by atoms with Gasteiger partial charge < -0.3 is 4.90 Å². The minimum absolute atomic E-state index is 0.184. The highest BCUT2D eigenvalue weighted by molar-refractivity contribution is 7.17. The van der Waals surface area contributed by atoms with Crippen LogP contribution in [0, 0.1) is 0 Å². The lowest BCUT2D eigenvalue weighted by molar-refractivity contribution is 0.0330. The predicted molar refractivity (Wildman–Crippen MR) is 117 cm³/mol. The maximum Gasteiger partial charge on any atom is 0.254 e. The second-order valence-corrected chi connectivity index (χ2v) is 9.25. The SMILES string of the molecule is O=C(c1cccc2sccc12)N1CCN2C[C@@H](c3ccc(Cl)cc3)CC[C@@H]2C1. The van der Waals surface area contributed by atoms with Gasteiger partial charge in [-0.2, -0.15) is 0 Å². The van der Waals surface area contributed by atoms with E-state index in [4.69, 9.17) is 11.6 Å². The zero-order chi connectivity index (χ0) is 19.1. The summed E-state index contributed by atoms with van der Waals surface area (Å²) in [6.45, 7) is 3.68. The number of amides is 1. The Morgan fingerprint density at radius 3 is 2.71 bits per heavy atom. The monoisotopic (exact) mass is 410 g/mol. The Labute approximate surface area is 174 Å². The molecule has 2 aliphatic heterocycles. The van der Waals surface area contributed by atoms with Crippen LogP contribution in [0.25, 0.3) is 10.1 Å². The number of thiophene rings is 1. The van der Waals surface area contributed by atoms with E-state index in [9.17, 15) is 4.79 Å². The van der Waals surface area contributed by atoms with Crippen LogP contribution in [0.4, 0.5) is 0 Å². The molecule has 0 aliphatic carbocycles. The molecule has 2 atom stereocenters. The summed E-state index contributed by atoms with van der Waals surface area (Å²) in [6.07, 6.45) is 2.31. The van der Waals surface area contributed by atoms with Crippen LogP contribution in [0.3, 0.4) is 0 Å². The number of rotatable bonds is 2. The summed E-state index contributed by atoms with van der Waals surface area (Å²) in [6, 6.07) is 16.9. The van der Waals surface area contributed by atoms with Crippen molar-refractivity contribution < 1.29 is 4.79 Å². The first kappa shape index (κ1) is 18.2. The molecule has 2 aliphatic rings. The van der Waals surface area contributed by atoms with Crippen molar-refractivity contribution in [3.05, 3.63) is 70.1 Å². The lowest BCUT2D eigenvalue weighted by Gasteiger charge is -2.46. The fraction of sp³-hybridized carbons (Fsp3) is 0.348. The Kier molecular flexibility index (Phi) is 4.87. The van der Waals surface area contributed by atoms with E-state index in [-0.39, 0.29) is 5.91 Å². The molecule has 28 heavy (non-hydrogen) atoms. The highest BCUT2D eigenvalue weighted by atomic mass is 35.5. The zero-order valence-corrected chi connectivity index (χ0v) is 17.3. The van der Waals surface area contributed by atoms with Gasteiger partial charge in [-0.1, -0.05) is 29.8 Å². The number of nitrogens with zero attached hydrogens (tertiary/aromatic N) is 2. The third-order valence-electron chi connectivity index (χ3n) is 6.26. The molecule has 144 valence electrons. The van der Waals surface area contributed by atoms with Gasteiger partial charge in [-0.25, -0.2) is 0 Å². The normalized spacial score (nSPS) is 23.0. The van der Waals surface area contributed by atoms with Gasteiger partial charge in [0.15, 0.2) is 0 Å². The van der Waals surface area contributed by atoms with Crippen LogP contribution < -0.4 is 0 Å². The van der Waals surface area contributed by atoms with Gasteiger partial charge in [0.05, 0.1) is 0 Å².